The Morgan fingerprint density at radius 3 is 2.45 bits per heavy atom. The van der Waals surface area contributed by atoms with E-state index in [1.54, 1.807) is 31.2 Å². The second-order valence-electron chi connectivity index (χ2n) is 7.35. The fraction of sp³-hybridized carbons (Fsp3) is 0.333. The minimum Gasteiger partial charge on any atom is -0.493 e. The average molecular weight is 425 g/mol. The molecule has 0 bridgehead atoms. The van der Waals surface area contributed by atoms with Crippen molar-refractivity contribution in [1.29, 1.82) is 0 Å². The molecule has 1 atom stereocenters. The molecule has 1 unspecified atom stereocenters. The van der Waals surface area contributed by atoms with E-state index < -0.39 is 12.1 Å². The minimum atomic E-state index is -0.987. The third-order valence-corrected chi connectivity index (χ3v) is 4.64. The maximum atomic E-state index is 11.3. The third kappa shape index (κ3) is 5.64. The number of benzene rings is 2. The number of aromatic nitrogens is 1. The van der Waals surface area contributed by atoms with Gasteiger partial charge in [0.05, 0.1) is 17.2 Å². The number of aliphatic carboxylic acids is 1. The summed E-state index contributed by atoms with van der Waals surface area (Å²) in [5.74, 6) is 0.0111. The lowest BCUT2D eigenvalue weighted by Crippen LogP contribution is -2.26. The van der Waals surface area contributed by atoms with Crippen LogP contribution in [0.1, 0.15) is 31.9 Å². The zero-order valence-corrected chi connectivity index (χ0v) is 17.9. The summed E-state index contributed by atoms with van der Waals surface area (Å²) in [6, 6.07) is 14.6. The number of para-hydroxylation sites is 1. The Morgan fingerprint density at radius 1 is 1.10 bits per heavy atom. The Hall–Kier alpha value is -3.32. The predicted molar refractivity (Wildman–Crippen MR) is 117 cm³/mol. The number of carboxylic acids is 1. The minimum absolute atomic E-state index is 0.0712. The van der Waals surface area contributed by atoms with E-state index in [2.05, 4.69) is 4.98 Å². The van der Waals surface area contributed by atoms with Crippen LogP contribution in [0.15, 0.2) is 48.5 Å². The molecule has 0 aliphatic heterocycles. The Balaban J connectivity index is 1.78. The Bertz CT molecular complexity index is 1030. The number of aromatic hydroxyl groups is 1. The lowest BCUT2D eigenvalue weighted by molar-refractivity contribution is -0.149. The summed E-state index contributed by atoms with van der Waals surface area (Å²) < 4.78 is 17.1. The summed E-state index contributed by atoms with van der Waals surface area (Å²) in [4.78, 5) is 15.5. The van der Waals surface area contributed by atoms with Crippen LogP contribution in [0.2, 0.25) is 0 Å². The normalized spacial score (nSPS) is 12.1. The molecule has 0 amide bonds. The number of carboxylic acid groups (broad SMARTS) is 1. The molecular formula is C24H27NO6. The molecule has 31 heavy (non-hydrogen) atoms. The van der Waals surface area contributed by atoms with Crippen LogP contribution in [0.25, 0.3) is 10.9 Å². The van der Waals surface area contributed by atoms with Crippen molar-refractivity contribution in [3.05, 3.63) is 59.7 Å². The standard InChI is InChI=1S/C24H27NO6/c1-4-29-21(24(27)28)13-16-9-11-17(12-10-16)30-14-19-22(31-15(2)3)18-7-5-6-8-20(18)25-23(19)26/h5-12,15,21H,4,13-14H2,1-3H3,(H,25,26)(H,27,28). The van der Waals surface area contributed by atoms with Gasteiger partial charge in [0.25, 0.3) is 0 Å². The van der Waals surface area contributed by atoms with Gasteiger partial charge in [-0.2, -0.15) is 0 Å². The molecule has 1 heterocycles. The summed E-state index contributed by atoms with van der Waals surface area (Å²) in [7, 11) is 0. The van der Waals surface area contributed by atoms with E-state index in [0.717, 1.165) is 10.9 Å². The van der Waals surface area contributed by atoms with Gasteiger partial charge in [-0.25, -0.2) is 9.78 Å². The van der Waals surface area contributed by atoms with Crippen molar-refractivity contribution < 1.29 is 29.2 Å². The molecule has 0 spiro atoms. The molecule has 0 aliphatic rings. The van der Waals surface area contributed by atoms with Crippen molar-refractivity contribution in [1.82, 2.24) is 4.98 Å². The van der Waals surface area contributed by atoms with Gasteiger partial charge in [0.2, 0.25) is 5.88 Å². The number of pyridine rings is 1. The number of rotatable bonds is 10. The molecule has 164 valence electrons. The number of fused-ring (bicyclic) bond motifs is 1. The Kier molecular flexibility index (Phi) is 7.31. The number of hydrogen-bond acceptors (Lipinski definition) is 6. The monoisotopic (exact) mass is 425 g/mol. The fourth-order valence-corrected chi connectivity index (χ4v) is 3.22. The van der Waals surface area contributed by atoms with Crippen LogP contribution in [0.3, 0.4) is 0 Å². The molecule has 0 fully saturated rings. The van der Waals surface area contributed by atoms with E-state index in [1.807, 2.05) is 38.1 Å². The molecule has 3 rings (SSSR count). The highest BCUT2D eigenvalue weighted by atomic mass is 16.5. The summed E-state index contributed by atoms with van der Waals surface area (Å²) >= 11 is 0. The highest BCUT2D eigenvalue weighted by molar-refractivity contribution is 5.87. The van der Waals surface area contributed by atoms with Gasteiger partial charge >= 0.3 is 5.97 Å². The topological polar surface area (TPSA) is 98.1 Å². The SMILES string of the molecule is CCOC(Cc1ccc(OCc2c(O)nc3ccccc3c2OC(C)C)cc1)C(=O)O. The predicted octanol–water partition coefficient (Wildman–Crippen LogP) is 4.34. The summed E-state index contributed by atoms with van der Waals surface area (Å²) in [5.41, 5.74) is 1.94. The molecule has 0 aliphatic carbocycles. The fourth-order valence-electron chi connectivity index (χ4n) is 3.22. The average Bonchev–Trinajstić information content (AvgIpc) is 2.73. The molecule has 2 aromatic carbocycles. The Labute approximate surface area is 181 Å². The maximum Gasteiger partial charge on any atom is 0.333 e. The van der Waals surface area contributed by atoms with Crippen molar-refractivity contribution in [2.75, 3.05) is 6.61 Å². The van der Waals surface area contributed by atoms with Gasteiger partial charge in [-0.3, -0.25) is 0 Å². The zero-order chi connectivity index (χ0) is 22.4. The van der Waals surface area contributed by atoms with Crippen LogP contribution in [0, 0.1) is 0 Å². The summed E-state index contributed by atoms with van der Waals surface area (Å²) in [6.45, 7) is 6.01. The first-order valence-electron chi connectivity index (χ1n) is 10.2. The highest BCUT2D eigenvalue weighted by Crippen LogP contribution is 2.35. The van der Waals surface area contributed by atoms with Crippen molar-refractivity contribution in [3.63, 3.8) is 0 Å². The second-order valence-corrected chi connectivity index (χ2v) is 7.35. The first-order chi connectivity index (χ1) is 14.9. The van der Waals surface area contributed by atoms with Crippen molar-refractivity contribution in [2.45, 2.75) is 46.0 Å². The van der Waals surface area contributed by atoms with Gasteiger partial charge in [0, 0.05) is 18.4 Å². The zero-order valence-electron chi connectivity index (χ0n) is 17.9. The van der Waals surface area contributed by atoms with Gasteiger partial charge in [0.1, 0.15) is 18.1 Å². The van der Waals surface area contributed by atoms with Crippen LogP contribution in [0.4, 0.5) is 0 Å². The van der Waals surface area contributed by atoms with E-state index in [4.69, 9.17) is 14.2 Å². The largest absolute Gasteiger partial charge is 0.493 e. The van der Waals surface area contributed by atoms with Crippen LogP contribution in [-0.2, 0) is 22.6 Å². The van der Waals surface area contributed by atoms with E-state index >= 15 is 0 Å². The summed E-state index contributed by atoms with van der Waals surface area (Å²) in [5, 5.41) is 20.5. The van der Waals surface area contributed by atoms with E-state index in [9.17, 15) is 15.0 Å². The quantitative estimate of drug-likeness (QED) is 0.499. The highest BCUT2D eigenvalue weighted by Gasteiger charge is 2.19. The van der Waals surface area contributed by atoms with Crippen LogP contribution in [-0.4, -0.2) is 40.0 Å². The first-order valence-corrected chi connectivity index (χ1v) is 10.2. The van der Waals surface area contributed by atoms with Crippen molar-refractivity contribution >= 4 is 16.9 Å². The van der Waals surface area contributed by atoms with Gasteiger partial charge in [-0.05, 0) is 50.6 Å². The van der Waals surface area contributed by atoms with Crippen molar-refractivity contribution in [3.8, 4) is 17.4 Å². The first kappa shape index (κ1) is 22.4. The lowest BCUT2D eigenvalue weighted by atomic mass is 10.1. The summed E-state index contributed by atoms with van der Waals surface area (Å²) in [6.07, 6.45) is -0.700. The lowest BCUT2D eigenvalue weighted by Gasteiger charge is -2.18. The van der Waals surface area contributed by atoms with Gasteiger partial charge < -0.3 is 24.4 Å². The van der Waals surface area contributed by atoms with Crippen LogP contribution in [0.5, 0.6) is 17.4 Å². The number of ether oxygens (including phenoxy) is 3. The number of hydrogen-bond donors (Lipinski definition) is 2. The van der Waals surface area contributed by atoms with Crippen LogP contribution < -0.4 is 9.47 Å². The van der Waals surface area contributed by atoms with Crippen molar-refractivity contribution in [2.24, 2.45) is 0 Å². The maximum absolute atomic E-state index is 11.3. The third-order valence-electron chi connectivity index (χ3n) is 4.64. The Morgan fingerprint density at radius 2 is 1.81 bits per heavy atom. The molecular weight excluding hydrogens is 398 g/mol. The van der Waals surface area contributed by atoms with Gasteiger partial charge in [-0.15, -0.1) is 0 Å². The smallest absolute Gasteiger partial charge is 0.333 e. The van der Waals surface area contributed by atoms with Crippen LogP contribution >= 0.6 is 0 Å². The van der Waals surface area contributed by atoms with E-state index in [0.29, 0.717) is 29.2 Å². The second kappa shape index (κ2) is 10.1. The molecule has 7 nitrogen and oxygen atoms in total. The molecule has 0 radical (unpaired) electrons. The molecule has 0 saturated carbocycles. The molecule has 1 aromatic heterocycles. The molecule has 3 aromatic rings. The molecule has 7 heteroatoms. The van der Waals surface area contributed by atoms with E-state index in [-0.39, 0.29) is 25.0 Å². The number of nitrogens with zero attached hydrogens (tertiary/aromatic N) is 1. The van der Waals surface area contributed by atoms with Gasteiger partial charge in [-0.1, -0.05) is 24.3 Å². The van der Waals surface area contributed by atoms with E-state index in [1.165, 1.54) is 0 Å². The number of carbonyl (C=O) groups is 1. The molecule has 2 N–H and O–H groups in total. The van der Waals surface area contributed by atoms with Gasteiger partial charge in [0.15, 0.2) is 6.10 Å². The molecule has 0 saturated heterocycles.